The molecule has 0 radical (unpaired) electrons. The normalized spacial score (nSPS) is 25.2. The molecule has 2 aliphatic rings. The van der Waals surface area contributed by atoms with Crippen LogP contribution in [-0.2, 0) is 6.61 Å². The lowest BCUT2D eigenvalue weighted by molar-refractivity contribution is 0.276. The highest BCUT2D eigenvalue weighted by Gasteiger charge is 2.35. The number of hydrogen-bond acceptors (Lipinski definition) is 7. The molecule has 2 aliphatic heterocycles. The van der Waals surface area contributed by atoms with Crippen molar-refractivity contribution in [1.82, 2.24) is 25.5 Å². The van der Waals surface area contributed by atoms with Gasteiger partial charge in [0.05, 0.1) is 12.3 Å². The summed E-state index contributed by atoms with van der Waals surface area (Å²) in [5, 5.41) is 23.1. The van der Waals surface area contributed by atoms with Gasteiger partial charge in [-0.1, -0.05) is 11.6 Å². The molecule has 2 aromatic heterocycles. The van der Waals surface area contributed by atoms with E-state index in [9.17, 15) is 0 Å². The smallest absolute Gasteiger partial charge is 0.228 e. The van der Waals surface area contributed by atoms with Crippen molar-refractivity contribution in [3.05, 3.63) is 23.0 Å². The number of aliphatic hydroxyl groups is 1. The number of fused-ring (bicyclic) bond motifs is 2. The Bertz CT molecular complexity index is 740. The van der Waals surface area contributed by atoms with Gasteiger partial charge in [0.2, 0.25) is 5.95 Å². The molecule has 4 rings (SSSR count). The van der Waals surface area contributed by atoms with Gasteiger partial charge in [-0.15, -0.1) is 0 Å². The SMILES string of the molecule is CN(c1nc(Cl)cc(Nc2cc(CO)[nH]n2)n1)[C@H]1C[C@H]2CC[C@@H](C1)N2. The first-order valence-corrected chi connectivity index (χ1v) is 8.94. The molecule has 134 valence electrons. The lowest BCUT2D eigenvalue weighted by Gasteiger charge is -2.35. The molecule has 0 unspecified atom stereocenters. The van der Waals surface area contributed by atoms with Gasteiger partial charge in [-0.25, -0.2) is 4.98 Å². The summed E-state index contributed by atoms with van der Waals surface area (Å²) < 4.78 is 0. The van der Waals surface area contributed by atoms with Crippen LogP contribution in [0.3, 0.4) is 0 Å². The Morgan fingerprint density at radius 2 is 2.00 bits per heavy atom. The summed E-state index contributed by atoms with van der Waals surface area (Å²) in [5.74, 6) is 1.77. The molecule has 0 aliphatic carbocycles. The predicted octanol–water partition coefficient (Wildman–Crippen LogP) is 1.81. The summed E-state index contributed by atoms with van der Waals surface area (Å²) in [7, 11) is 2.03. The Morgan fingerprint density at radius 1 is 1.24 bits per heavy atom. The largest absolute Gasteiger partial charge is 0.390 e. The average Bonchev–Trinajstić information content (AvgIpc) is 3.19. The summed E-state index contributed by atoms with van der Waals surface area (Å²) in [6, 6.07) is 5.01. The van der Waals surface area contributed by atoms with Crippen LogP contribution in [0, 0.1) is 0 Å². The number of aliphatic hydroxyl groups excluding tert-OH is 1. The minimum Gasteiger partial charge on any atom is -0.390 e. The van der Waals surface area contributed by atoms with Crippen LogP contribution in [-0.4, -0.2) is 50.4 Å². The molecule has 0 amide bonds. The average molecular weight is 364 g/mol. The maximum Gasteiger partial charge on any atom is 0.228 e. The molecule has 2 aromatic rings. The van der Waals surface area contributed by atoms with Gasteiger partial charge >= 0.3 is 0 Å². The fourth-order valence-electron chi connectivity index (χ4n) is 3.77. The molecule has 3 atom stereocenters. The molecule has 4 N–H and O–H groups in total. The molecule has 4 heterocycles. The van der Waals surface area contributed by atoms with E-state index in [4.69, 9.17) is 16.7 Å². The maximum atomic E-state index is 9.11. The Kier molecular flexibility index (Phi) is 4.49. The Morgan fingerprint density at radius 3 is 2.68 bits per heavy atom. The van der Waals surface area contributed by atoms with Crippen molar-refractivity contribution in [3.63, 3.8) is 0 Å². The molecular formula is C16H22ClN7O. The van der Waals surface area contributed by atoms with E-state index < -0.39 is 0 Å². The molecule has 25 heavy (non-hydrogen) atoms. The Hall–Kier alpha value is -1.90. The number of nitrogens with zero attached hydrogens (tertiary/aromatic N) is 4. The van der Waals surface area contributed by atoms with Crippen molar-refractivity contribution in [1.29, 1.82) is 0 Å². The minimum atomic E-state index is -0.0920. The molecular weight excluding hydrogens is 342 g/mol. The number of hydrogen-bond donors (Lipinski definition) is 4. The highest BCUT2D eigenvalue weighted by atomic mass is 35.5. The second kappa shape index (κ2) is 6.78. The van der Waals surface area contributed by atoms with E-state index in [0.29, 0.717) is 46.6 Å². The van der Waals surface area contributed by atoms with Gasteiger partial charge in [0, 0.05) is 37.3 Å². The second-order valence-electron chi connectivity index (χ2n) is 6.81. The van der Waals surface area contributed by atoms with E-state index in [2.05, 4.69) is 35.7 Å². The fourth-order valence-corrected chi connectivity index (χ4v) is 3.95. The van der Waals surface area contributed by atoms with Gasteiger partial charge in [-0.3, -0.25) is 5.10 Å². The number of nitrogens with one attached hydrogen (secondary N) is 3. The Labute approximate surface area is 151 Å². The van der Waals surface area contributed by atoms with Gasteiger partial charge in [0.15, 0.2) is 5.82 Å². The number of anilines is 3. The standard InChI is InChI=1S/C16H22ClN7O/c1-24(12-4-9-2-3-10(5-12)18-9)16-19-13(17)7-14(21-16)20-15-6-11(8-25)22-23-15/h6-7,9-10,12,18,25H,2-5,8H2,1H3,(H2,19,20,21,22,23)/t9-,10+,12+. The molecule has 0 spiro atoms. The van der Waals surface area contributed by atoms with Crippen LogP contribution in [0.15, 0.2) is 12.1 Å². The van der Waals surface area contributed by atoms with E-state index in [0.717, 1.165) is 12.8 Å². The number of aromatic nitrogens is 4. The van der Waals surface area contributed by atoms with Crippen molar-refractivity contribution in [2.24, 2.45) is 0 Å². The summed E-state index contributed by atoms with van der Waals surface area (Å²) in [5.41, 5.74) is 0.630. The molecule has 2 bridgehead atoms. The summed E-state index contributed by atoms with van der Waals surface area (Å²) in [6.45, 7) is -0.0920. The van der Waals surface area contributed by atoms with Crippen LogP contribution in [0.1, 0.15) is 31.4 Å². The summed E-state index contributed by atoms with van der Waals surface area (Å²) >= 11 is 6.20. The number of aromatic amines is 1. The number of piperidine rings is 1. The second-order valence-corrected chi connectivity index (χ2v) is 7.20. The third-order valence-corrected chi connectivity index (χ3v) is 5.25. The summed E-state index contributed by atoms with van der Waals surface area (Å²) in [4.78, 5) is 11.1. The number of halogens is 1. The van der Waals surface area contributed by atoms with Crippen LogP contribution in [0.25, 0.3) is 0 Å². The zero-order chi connectivity index (χ0) is 17.4. The fraction of sp³-hybridized carbons (Fsp3) is 0.562. The molecule has 9 heteroatoms. The van der Waals surface area contributed by atoms with Crippen molar-refractivity contribution < 1.29 is 5.11 Å². The molecule has 0 saturated carbocycles. The van der Waals surface area contributed by atoms with Crippen LogP contribution in [0.4, 0.5) is 17.6 Å². The number of H-pyrrole nitrogens is 1. The number of rotatable bonds is 5. The first kappa shape index (κ1) is 16.6. The van der Waals surface area contributed by atoms with Gasteiger partial charge in [0.25, 0.3) is 0 Å². The molecule has 2 fully saturated rings. The third-order valence-electron chi connectivity index (χ3n) is 5.05. The predicted molar refractivity (Wildman–Crippen MR) is 96.2 cm³/mol. The van der Waals surface area contributed by atoms with Crippen molar-refractivity contribution in [3.8, 4) is 0 Å². The van der Waals surface area contributed by atoms with E-state index >= 15 is 0 Å². The lowest BCUT2D eigenvalue weighted by Crippen LogP contribution is -2.47. The van der Waals surface area contributed by atoms with Gasteiger partial charge in [-0.2, -0.15) is 10.1 Å². The maximum absolute atomic E-state index is 9.11. The van der Waals surface area contributed by atoms with Crippen molar-refractivity contribution >= 4 is 29.2 Å². The van der Waals surface area contributed by atoms with Gasteiger partial charge in [0.1, 0.15) is 11.0 Å². The highest BCUT2D eigenvalue weighted by molar-refractivity contribution is 6.29. The van der Waals surface area contributed by atoms with Gasteiger partial charge < -0.3 is 20.6 Å². The minimum absolute atomic E-state index is 0.0920. The Balaban J connectivity index is 1.52. The zero-order valence-corrected chi connectivity index (χ0v) is 14.8. The molecule has 8 nitrogen and oxygen atoms in total. The van der Waals surface area contributed by atoms with E-state index in [1.165, 1.54) is 12.8 Å². The summed E-state index contributed by atoms with van der Waals surface area (Å²) in [6.07, 6.45) is 4.71. The third kappa shape index (κ3) is 3.56. The van der Waals surface area contributed by atoms with Crippen molar-refractivity contribution in [2.45, 2.75) is 50.4 Å². The quantitative estimate of drug-likeness (QED) is 0.601. The lowest BCUT2D eigenvalue weighted by atomic mass is 9.99. The van der Waals surface area contributed by atoms with E-state index in [1.807, 2.05) is 7.05 Å². The topological polar surface area (TPSA) is 102 Å². The monoisotopic (exact) mass is 363 g/mol. The highest BCUT2D eigenvalue weighted by Crippen LogP contribution is 2.31. The molecule has 0 aromatic carbocycles. The van der Waals surface area contributed by atoms with E-state index in [-0.39, 0.29) is 6.61 Å². The van der Waals surface area contributed by atoms with Crippen molar-refractivity contribution in [2.75, 3.05) is 17.3 Å². The van der Waals surface area contributed by atoms with Crippen LogP contribution < -0.4 is 15.5 Å². The first-order valence-electron chi connectivity index (χ1n) is 8.56. The first-order chi connectivity index (χ1) is 12.1. The van der Waals surface area contributed by atoms with Crippen LogP contribution in [0.2, 0.25) is 5.15 Å². The zero-order valence-electron chi connectivity index (χ0n) is 14.0. The van der Waals surface area contributed by atoms with Gasteiger partial charge in [-0.05, 0) is 25.7 Å². The molecule has 2 saturated heterocycles. The van der Waals surface area contributed by atoms with Crippen LogP contribution in [0.5, 0.6) is 0 Å². The van der Waals surface area contributed by atoms with E-state index in [1.54, 1.807) is 12.1 Å². The van der Waals surface area contributed by atoms with Crippen LogP contribution >= 0.6 is 11.6 Å².